The van der Waals surface area contributed by atoms with E-state index in [1.54, 1.807) is 13.3 Å². The maximum atomic E-state index is 5.09. The largest absolute Gasteiger partial charge is 0.481 e. The Hall–Kier alpha value is -1.13. The zero-order valence-electron chi connectivity index (χ0n) is 11.1. The van der Waals surface area contributed by atoms with E-state index in [0.29, 0.717) is 5.88 Å². The molecule has 1 heterocycles. The lowest BCUT2D eigenvalue weighted by atomic mass is 10.2. The monoisotopic (exact) mass is 237 g/mol. The predicted octanol–water partition coefficient (Wildman–Crippen LogP) is 1.52. The van der Waals surface area contributed by atoms with Gasteiger partial charge in [0.15, 0.2) is 0 Å². The first-order chi connectivity index (χ1) is 8.30. The molecule has 0 unspecified atom stereocenters. The third-order valence-electron chi connectivity index (χ3n) is 2.84. The first-order valence-electron chi connectivity index (χ1n) is 6.22. The maximum Gasteiger partial charge on any atom is 0.213 e. The molecule has 0 saturated heterocycles. The molecule has 0 fully saturated rings. The molecule has 96 valence electrons. The van der Waals surface area contributed by atoms with Crippen LogP contribution in [0.15, 0.2) is 18.3 Å². The van der Waals surface area contributed by atoms with Gasteiger partial charge in [-0.25, -0.2) is 4.98 Å². The van der Waals surface area contributed by atoms with E-state index >= 15 is 0 Å². The standard InChI is InChI=1S/C13H23N3O/c1-4-16(5-2)9-8-14-11-12-6-7-15-13(10-12)17-3/h6-7,10,14H,4-5,8-9,11H2,1-3H3. The molecular weight excluding hydrogens is 214 g/mol. The summed E-state index contributed by atoms with van der Waals surface area (Å²) in [4.78, 5) is 6.49. The van der Waals surface area contributed by atoms with Gasteiger partial charge in [0, 0.05) is 31.9 Å². The molecule has 0 aliphatic heterocycles. The van der Waals surface area contributed by atoms with Gasteiger partial charge < -0.3 is 15.0 Å². The second-order valence-electron chi connectivity index (χ2n) is 3.91. The molecule has 0 amide bonds. The Morgan fingerprint density at radius 3 is 2.76 bits per heavy atom. The highest BCUT2D eigenvalue weighted by atomic mass is 16.5. The highest BCUT2D eigenvalue weighted by Gasteiger charge is 1.99. The van der Waals surface area contributed by atoms with Crippen LogP contribution >= 0.6 is 0 Å². The van der Waals surface area contributed by atoms with E-state index in [1.165, 1.54) is 5.56 Å². The molecule has 17 heavy (non-hydrogen) atoms. The van der Waals surface area contributed by atoms with Gasteiger partial charge in [0.2, 0.25) is 5.88 Å². The summed E-state index contributed by atoms with van der Waals surface area (Å²) in [7, 11) is 1.64. The highest BCUT2D eigenvalue weighted by Crippen LogP contribution is 2.07. The molecule has 1 rings (SSSR count). The Bertz CT molecular complexity index is 313. The van der Waals surface area contributed by atoms with Crippen molar-refractivity contribution in [3.63, 3.8) is 0 Å². The zero-order chi connectivity index (χ0) is 12.5. The van der Waals surface area contributed by atoms with Crippen molar-refractivity contribution >= 4 is 0 Å². The quantitative estimate of drug-likeness (QED) is 0.696. The van der Waals surface area contributed by atoms with E-state index in [-0.39, 0.29) is 0 Å². The van der Waals surface area contributed by atoms with Crippen LogP contribution in [0.4, 0.5) is 0 Å². The van der Waals surface area contributed by atoms with Gasteiger partial charge in [0.1, 0.15) is 0 Å². The number of hydrogen-bond donors (Lipinski definition) is 1. The summed E-state index contributed by atoms with van der Waals surface area (Å²) in [5.41, 5.74) is 1.20. The van der Waals surface area contributed by atoms with E-state index in [4.69, 9.17) is 4.74 Å². The topological polar surface area (TPSA) is 37.4 Å². The van der Waals surface area contributed by atoms with Crippen LogP contribution in [0.3, 0.4) is 0 Å². The van der Waals surface area contributed by atoms with Gasteiger partial charge in [0.05, 0.1) is 7.11 Å². The minimum atomic E-state index is 0.674. The summed E-state index contributed by atoms with van der Waals surface area (Å²) < 4.78 is 5.09. The summed E-state index contributed by atoms with van der Waals surface area (Å²) in [6, 6.07) is 3.97. The summed E-state index contributed by atoms with van der Waals surface area (Å²) in [5.74, 6) is 0.674. The molecule has 0 aromatic carbocycles. The van der Waals surface area contributed by atoms with Crippen molar-refractivity contribution in [2.45, 2.75) is 20.4 Å². The summed E-state index contributed by atoms with van der Waals surface area (Å²) in [6.45, 7) is 9.57. The van der Waals surface area contributed by atoms with Crippen LogP contribution < -0.4 is 10.1 Å². The lowest BCUT2D eigenvalue weighted by Crippen LogP contribution is -2.31. The molecule has 1 N–H and O–H groups in total. The van der Waals surface area contributed by atoms with Gasteiger partial charge in [-0.05, 0) is 24.7 Å². The van der Waals surface area contributed by atoms with Crippen molar-refractivity contribution in [3.8, 4) is 5.88 Å². The molecule has 0 atom stereocenters. The summed E-state index contributed by atoms with van der Waals surface area (Å²) in [6.07, 6.45) is 1.78. The lowest BCUT2D eigenvalue weighted by Gasteiger charge is -2.18. The SMILES string of the molecule is CCN(CC)CCNCc1ccnc(OC)c1. The number of ether oxygens (including phenoxy) is 1. The number of pyridine rings is 1. The van der Waals surface area contributed by atoms with Crippen LogP contribution in [-0.2, 0) is 6.54 Å². The molecule has 1 aromatic heterocycles. The first-order valence-corrected chi connectivity index (χ1v) is 6.22. The van der Waals surface area contributed by atoms with Crippen LogP contribution in [0.1, 0.15) is 19.4 Å². The van der Waals surface area contributed by atoms with Crippen molar-refractivity contribution in [1.29, 1.82) is 0 Å². The molecule has 1 aromatic rings. The number of methoxy groups -OCH3 is 1. The molecule has 0 saturated carbocycles. The fourth-order valence-corrected chi connectivity index (χ4v) is 1.68. The number of nitrogens with one attached hydrogen (secondary N) is 1. The second kappa shape index (κ2) is 8.03. The average Bonchev–Trinajstić information content (AvgIpc) is 2.39. The Kier molecular flexibility index (Phi) is 6.58. The van der Waals surface area contributed by atoms with Crippen LogP contribution in [0.2, 0.25) is 0 Å². The van der Waals surface area contributed by atoms with E-state index in [1.807, 2.05) is 12.1 Å². The Morgan fingerprint density at radius 1 is 1.35 bits per heavy atom. The minimum Gasteiger partial charge on any atom is -0.481 e. The third-order valence-corrected chi connectivity index (χ3v) is 2.84. The highest BCUT2D eigenvalue weighted by molar-refractivity contribution is 5.20. The smallest absolute Gasteiger partial charge is 0.213 e. The van der Waals surface area contributed by atoms with Crippen LogP contribution in [0.25, 0.3) is 0 Å². The summed E-state index contributed by atoms with van der Waals surface area (Å²) in [5, 5.41) is 3.43. The predicted molar refractivity (Wildman–Crippen MR) is 70.3 cm³/mol. The number of rotatable bonds is 8. The van der Waals surface area contributed by atoms with Crippen molar-refractivity contribution in [1.82, 2.24) is 15.2 Å². The molecule has 4 nitrogen and oxygen atoms in total. The van der Waals surface area contributed by atoms with E-state index in [0.717, 1.165) is 32.7 Å². The Labute approximate surface area is 104 Å². The van der Waals surface area contributed by atoms with Gasteiger partial charge in [-0.3, -0.25) is 0 Å². The minimum absolute atomic E-state index is 0.674. The maximum absolute atomic E-state index is 5.09. The van der Waals surface area contributed by atoms with E-state index in [2.05, 4.69) is 29.0 Å². The number of hydrogen-bond acceptors (Lipinski definition) is 4. The van der Waals surface area contributed by atoms with E-state index < -0.39 is 0 Å². The van der Waals surface area contributed by atoms with Crippen molar-refractivity contribution < 1.29 is 4.74 Å². The molecule has 0 bridgehead atoms. The van der Waals surface area contributed by atoms with Gasteiger partial charge in [-0.2, -0.15) is 0 Å². The molecule has 0 aliphatic rings. The normalized spacial score (nSPS) is 10.8. The van der Waals surface area contributed by atoms with Gasteiger partial charge in [0.25, 0.3) is 0 Å². The van der Waals surface area contributed by atoms with Crippen LogP contribution in [0, 0.1) is 0 Å². The van der Waals surface area contributed by atoms with E-state index in [9.17, 15) is 0 Å². The zero-order valence-corrected chi connectivity index (χ0v) is 11.1. The third kappa shape index (κ3) is 5.15. The van der Waals surface area contributed by atoms with Crippen LogP contribution in [0.5, 0.6) is 5.88 Å². The first kappa shape index (κ1) is 13.9. The molecule has 0 aliphatic carbocycles. The number of aromatic nitrogens is 1. The molecule has 0 spiro atoms. The van der Waals surface area contributed by atoms with Crippen molar-refractivity contribution in [2.24, 2.45) is 0 Å². The van der Waals surface area contributed by atoms with Gasteiger partial charge in [-0.1, -0.05) is 13.8 Å². The fraction of sp³-hybridized carbons (Fsp3) is 0.615. The van der Waals surface area contributed by atoms with Crippen LogP contribution in [-0.4, -0.2) is 43.2 Å². The second-order valence-corrected chi connectivity index (χ2v) is 3.91. The molecule has 0 radical (unpaired) electrons. The fourth-order valence-electron chi connectivity index (χ4n) is 1.68. The number of likely N-dealkylation sites (N-methyl/N-ethyl adjacent to an activating group) is 1. The molecule has 4 heteroatoms. The lowest BCUT2D eigenvalue weighted by molar-refractivity contribution is 0.302. The van der Waals surface area contributed by atoms with Crippen molar-refractivity contribution in [2.75, 3.05) is 33.3 Å². The van der Waals surface area contributed by atoms with Gasteiger partial charge >= 0.3 is 0 Å². The Morgan fingerprint density at radius 2 is 2.12 bits per heavy atom. The summed E-state index contributed by atoms with van der Waals surface area (Å²) >= 11 is 0. The average molecular weight is 237 g/mol. The molecular formula is C13H23N3O. The number of nitrogens with zero attached hydrogens (tertiary/aromatic N) is 2. The van der Waals surface area contributed by atoms with Gasteiger partial charge in [-0.15, -0.1) is 0 Å². The Balaban J connectivity index is 2.26. The van der Waals surface area contributed by atoms with Crippen molar-refractivity contribution in [3.05, 3.63) is 23.9 Å².